The first kappa shape index (κ1) is 15.3. The quantitative estimate of drug-likeness (QED) is 0.847. The average Bonchev–Trinajstić information content (AvgIpc) is 3.21. The van der Waals surface area contributed by atoms with Crippen LogP contribution in [0.15, 0.2) is 0 Å². The molecule has 2 saturated carbocycles. The SMILES string of the molecule is CCC(COC)N1C(=O)C2(CCCC2)NC1C1CCCC1. The van der Waals surface area contributed by atoms with Gasteiger partial charge in [-0.2, -0.15) is 0 Å². The highest BCUT2D eigenvalue weighted by Crippen LogP contribution is 2.42. The van der Waals surface area contributed by atoms with Crippen LogP contribution in [0, 0.1) is 5.92 Å². The molecule has 4 heteroatoms. The number of hydrogen-bond donors (Lipinski definition) is 1. The summed E-state index contributed by atoms with van der Waals surface area (Å²) in [5.74, 6) is 1.00. The number of carbonyl (C=O) groups excluding carboxylic acids is 1. The molecule has 0 aromatic rings. The average molecular weight is 294 g/mol. The van der Waals surface area contributed by atoms with E-state index >= 15 is 0 Å². The molecule has 120 valence electrons. The summed E-state index contributed by atoms with van der Waals surface area (Å²) in [5, 5.41) is 3.80. The van der Waals surface area contributed by atoms with Gasteiger partial charge in [0.2, 0.25) is 5.91 Å². The van der Waals surface area contributed by atoms with Crippen LogP contribution in [0.4, 0.5) is 0 Å². The van der Waals surface area contributed by atoms with E-state index in [4.69, 9.17) is 4.74 Å². The van der Waals surface area contributed by atoms with Gasteiger partial charge in [-0.25, -0.2) is 0 Å². The van der Waals surface area contributed by atoms with Gasteiger partial charge in [0.25, 0.3) is 0 Å². The summed E-state index contributed by atoms with van der Waals surface area (Å²) in [5.41, 5.74) is -0.242. The lowest BCUT2D eigenvalue weighted by atomic mass is 9.97. The van der Waals surface area contributed by atoms with Crippen LogP contribution in [-0.4, -0.2) is 42.3 Å². The monoisotopic (exact) mass is 294 g/mol. The molecule has 2 atom stereocenters. The zero-order chi connectivity index (χ0) is 14.9. The smallest absolute Gasteiger partial charge is 0.244 e. The Labute approximate surface area is 128 Å². The number of hydrogen-bond acceptors (Lipinski definition) is 3. The molecule has 3 rings (SSSR count). The summed E-state index contributed by atoms with van der Waals surface area (Å²) < 4.78 is 5.40. The Morgan fingerprint density at radius 3 is 2.52 bits per heavy atom. The molecule has 3 fully saturated rings. The fourth-order valence-electron chi connectivity index (χ4n) is 4.72. The van der Waals surface area contributed by atoms with Crippen molar-refractivity contribution in [1.82, 2.24) is 10.2 Å². The predicted octanol–water partition coefficient (Wildman–Crippen LogP) is 2.67. The second-order valence-electron chi connectivity index (χ2n) is 7.15. The van der Waals surface area contributed by atoms with E-state index in [-0.39, 0.29) is 17.7 Å². The van der Waals surface area contributed by atoms with Gasteiger partial charge in [-0.15, -0.1) is 0 Å². The Hall–Kier alpha value is -0.610. The van der Waals surface area contributed by atoms with Gasteiger partial charge in [0.15, 0.2) is 0 Å². The van der Waals surface area contributed by atoms with E-state index in [0.29, 0.717) is 18.4 Å². The zero-order valence-electron chi connectivity index (χ0n) is 13.6. The molecular weight excluding hydrogens is 264 g/mol. The third kappa shape index (κ3) is 2.61. The van der Waals surface area contributed by atoms with Gasteiger partial charge >= 0.3 is 0 Å². The minimum atomic E-state index is -0.242. The second kappa shape index (κ2) is 6.25. The van der Waals surface area contributed by atoms with Gasteiger partial charge < -0.3 is 9.64 Å². The van der Waals surface area contributed by atoms with Crippen molar-refractivity contribution in [2.45, 2.75) is 82.5 Å². The van der Waals surface area contributed by atoms with Crippen molar-refractivity contribution >= 4 is 5.91 Å². The zero-order valence-corrected chi connectivity index (χ0v) is 13.6. The first-order valence-electron chi connectivity index (χ1n) is 8.81. The Morgan fingerprint density at radius 2 is 1.95 bits per heavy atom. The van der Waals surface area contributed by atoms with Crippen LogP contribution in [0.25, 0.3) is 0 Å². The van der Waals surface area contributed by atoms with Crippen LogP contribution in [0.5, 0.6) is 0 Å². The van der Waals surface area contributed by atoms with Gasteiger partial charge in [0.05, 0.1) is 24.4 Å². The molecule has 1 spiro atoms. The largest absolute Gasteiger partial charge is 0.383 e. The first-order valence-corrected chi connectivity index (χ1v) is 8.81. The van der Waals surface area contributed by atoms with Crippen LogP contribution in [0.1, 0.15) is 64.7 Å². The summed E-state index contributed by atoms with van der Waals surface area (Å²) in [6.07, 6.45) is 10.8. The number of nitrogens with one attached hydrogen (secondary N) is 1. The van der Waals surface area contributed by atoms with Crippen LogP contribution < -0.4 is 5.32 Å². The Balaban J connectivity index is 1.85. The van der Waals surface area contributed by atoms with Crippen molar-refractivity contribution in [1.29, 1.82) is 0 Å². The Morgan fingerprint density at radius 1 is 1.29 bits per heavy atom. The number of rotatable bonds is 5. The van der Waals surface area contributed by atoms with Gasteiger partial charge in [-0.05, 0) is 38.0 Å². The number of amides is 1. The molecule has 0 aromatic heterocycles. The van der Waals surface area contributed by atoms with Crippen LogP contribution in [-0.2, 0) is 9.53 Å². The summed E-state index contributed by atoms with van der Waals surface area (Å²) in [6, 6.07) is 0.223. The maximum atomic E-state index is 13.2. The number of methoxy groups -OCH3 is 1. The van der Waals surface area contributed by atoms with Crippen molar-refractivity contribution < 1.29 is 9.53 Å². The third-order valence-corrected chi connectivity index (χ3v) is 5.89. The van der Waals surface area contributed by atoms with Gasteiger partial charge in [0.1, 0.15) is 0 Å². The minimum Gasteiger partial charge on any atom is -0.383 e. The molecule has 0 radical (unpaired) electrons. The van der Waals surface area contributed by atoms with Crippen molar-refractivity contribution in [2.24, 2.45) is 5.92 Å². The molecular formula is C17H30N2O2. The van der Waals surface area contributed by atoms with Crippen molar-refractivity contribution in [3.63, 3.8) is 0 Å². The van der Waals surface area contributed by atoms with Crippen molar-refractivity contribution in [2.75, 3.05) is 13.7 Å². The standard InChI is InChI=1S/C17H30N2O2/c1-3-14(12-21-2)19-15(13-8-4-5-9-13)18-17(16(19)20)10-6-7-11-17/h13-15,18H,3-12H2,1-2H3. The number of ether oxygens (including phenoxy) is 1. The molecule has 2 unspecified atom stereocenters. The minimum absolute atomic E-state index is 0.223. The third-order valence-electron chi connectivity index (χ3n) is 5.89. The topological polar surface area (TPSA) is 41.6 Å². The molecule has 4 nitrogen and oxygen atoms in total. The fourth-order valence-corrected chi connectivity index (χ4v) is 4.72. The van der Waals surface area contributed by atoms with E-state index in [2.05, 4.69) is 17.1 Å². The summed E-state index contributed by atoms with van der Waals surface area (Å²) in [7, 11) is 1.74. The summed E-state index contributed by atoms with van der Waals surface area (Å²) >= 11 is 0. The van der Waals surface area contributed by atoms with E-state index in [9.17, 15) is 4.79 Å². The molecule has 21 heavy (non-hydrogen) atoms. The maximum absolute atomic E-state index is 13.2. The van der Waals surface area contributed by atoms with E-state index in [0.717, 1.165) is 19.3 Å². The lowest BCUT2D eigenvalue weighted by molar-refractivity contribution is -0.137. The molecule has 1 saturated heterocycles. The normalized spacial score (nSPS) is 30.7. The van der Waals surface area contributed by atoms with Gasteiger partial charge in [-0.1, -0.05) is 32.6 Å². The number of nitrogens with zero attached hydrogens (tertiary/aromatic N) is 1. The first-order chi connectivity index (χ1) is 10.2. The fraction of sp³-hybridized carbons (Fsp3) is 0.941. The Kier molecular flexibility index (Phi) is 4.55. The van der Waals surface area contributed by atoms with E-state index in [1.807, 2.05) is 0 Å². The lowest BCUT2D eigenvalue weighted by Gasteiger charge is -2.35. The molecule has 1 amide bonds. The Bertz CT molecular complexity index is 373. The maximum Gasteiger partial charge on any atom is 0.244 e. The van der Waals surface area contributed by atoms with E-state index in [1.54, 1.807) is 7.11 Å². The van der Waals surface area contributed by atoms with Crippen LogP contribution in [0.3, 0.4) is 0 Å². The molecule has 2 aliphatic carbocycles. The number of carbonyl (C=O) groups is 1. The molecule has 1 aliphatic heterocycles. The molecule has 0 bridgehead atoms. The van der Waals surface area contributed by atoms with Crippen LogP contribution in [0.2, 0.25) is 0 Å². The lowest BCUT2D eigenvalue weighted by Crippen LogP contribution is -2.49. The van der Waals surface area contributed by atoms with Gasteiger partial charge in [0, 0.05) is 7.11 Å². The van der Waals surface area contributed by atoms with Gasteiger partial charge in [-0.3, -0.25) is 10.1 Å². The molecule has 0 aromatic carbocycles. The van der Waals surface area contributed by atoms with Crippen molar-refractivity contribution in [3.05, 3.63) is 0 Å². The highest BCUT2D eigenvalue weighted by molar-refractivity contribution is 5.89. The summed E-state index contributed by atoms with van der Waals surface area (Å²) in [6.45, 7) is 2.82. The summed E-state index contributed by atoms with van der Waals surface area (Å²) in [4.78, 5) is 15.4. The van der Waals surface area contributed by atoms with Crippen LogP contribution >= 0.6 is 0 Å². The van der Waals surface area contributed by atoms with E-state index in [1.165, 1.54) is 38.5 Å². The van der Waals surface area contributed by atoms with E-state index < -0.39 is 0 Å². The molecule has 3 aliphatic rings. The highest BCUT2D eigenvalue weighted by Gasteiger charge is 2.55. The van der Waals surface area contributed by atoms with Crippen molar-refractivity contribution in [3.8, 4) is 0 Å². The predicted molar refractivity (Wildman–Crippen MR) is 82.9 cm³/mol. The molecule has 1 heterocycles. The highest BCUT2D eigenvalue weighted by atomic mass is 16.5. The molecule has 1 N–H and O–H groups in total. The second-order valence-corrected chi connectivity index (χ2v) is 7.15.